The summed E-state index contributed by atoms with van der Waals surface area (Å²) in [5, 5.41) is 2.64. The molecule has 1 amide bonds. The second-order valence-corrected chi connectivity index (χ2v) is 8.73. The lowest BCUT2D eigenvalue weighted by atomic mass is 10.3. The van der Waals surface area contributed by atoms with E-state index in [9.17, 15) is 13.2 Å². The molecule has 2 rings (SSSR count). The van der Waals surface area contributed by atoms with E-state index in [2.05, 4.69) is 32.1 Å². The monoisotopic (exact) mass is 384 g/mol. The molecule has 0 bridgehead atoms. The average Bonchev–Trinajstić information content (AvgIpc) is 2.61. The van der Waals surface area contributed by atoms with Crippen LogP contribution in [0, 0.1) is 0 Å². The Morgan fingerprint density at radius 2 is 1.85 bits per heavy atom. The molecule has 1 aromatic rings. The van der Waals surface area contributed by atoms with Crippen molar-refractivity contribution < 1.29 is 13.2 Å². The number of sulfonamides is 1. The van der Waals surface area contributed by atoms with Gasteiger partial charge in [-0.25, -0.2) is 18.4 Å². The zero-order chi connectivity index (χ0) is 19.2. The summed E-state index contributed by atoms with van der Waals surface area (Å²) in [4.78, 5) is 25.0. The van der Waals surface area contributed by atoms with Gasteiger partial charge in [-0.1, -0.05) is 13.3 Å². The predicted molar refractivity (Wildman–Crippen MR) is 102 cm³/mol. The number of nitrogens with one attached hydrogen (secondary N) is 1. The Bertz CT molecular complexity index is 686. The molecule has 146 valence electrons. The molecule has 1 N–H and O–H groups in total. The number of anilines is 2. The smallest absolute Gasteiger partial charge is 0.239 e. The van der Waals surface area contributed by atoms with E-state index in [-0.39, 0.29) is 12.3 Å². The molecule has 2 heterocycles. The van der Waals surface area contributed by atoms with E-state index in [4.69, 9.17) is 0 Å². The Balaban J connectivity index is 1.87. The summed E-state index contributed by atoms with van der Waals surface area (Å²) in [5.41, 5.74) is 0.451. The van der Waals surface area contributed by atoms with Crippen molar-refractivity contribution in [3.05, 3.63) is 12.4 Å². The third-order valence-electron chi connectivity index (χ3n) is 4.31. The molecule has 9 nitrogen and oxygen atoms in total. The van der Waals surface area contributed by atoms with Crippen molar-refractivity contribution in [3.63, 3.8) is 0 Å². The second-order valence-electron chi connectivity index (χ2n) is 6.54. The van der Waals surface area contributed by atoms with Crippen LogP contribution in [0.15, 0.2) is 12.4 Å². The fourth-order valence-corrected chi connectivity index (χ4v) is 3.82. The van der Waals surface area contributed by atoms with Crippen LogP contribution in [0.4, 0.5) is 11.6 Å². The molecule has 1 fully saturated rings. The normalized spacial score (nSPS) is 16.1. The number of hydrogen-bond acceptors (Lipinski definition) is 7. The van der Waals surface area contributed by atoms with Crippen LogP contribution < -0.4 is 10.2 Å². The first-order chi connectivity index (χ1) is 12.3. The van der Waals surface area contributed by atoms with Gasteiger partial charge >= 0.3 is 0 Å². The van der Waals surface area contributed by atoms with Gasteiger partial charge in [-0.05, 0) is 13.5 Å². The summed E-state index contributed by atoms with van der Waals surface area (Å²) in [7, 11) is 0.0890. The molecular formula is C16H28N6O3S. The van der Waals surface area contributed by atoms with Crippen LogP contribution in [0.5, 0.6) is 0 Å². The number of hydrogen-bond donors (Lipinski definition) is 1. The topological polar surface area (TPSA) is 98.7 Å². The van der Waals surface area contributed by atoms with Crippen LogP contribution in [0.1, 0.15) is 19.8 Å². The van der Waals surface area contributed by atoms with Crippen molar-refractivity contribution in [1.29, 1.82) is 0 Å². The standard InChI is InChI=1S/C16H28N6O3S/c1-4-5-10-26(24,25)21(3)13-15(23)19-14-11-17-16(18-12-14)22-8-6-20(2)7-9-22/h11-12H,4-10,13H2,1-3H3,(H,19,23). The minimum absolute atomic E-state index is 0.0517. The van der Waals surface area contributed by atoms with Crippen LogP contribution in [0.3, 0.4) is 0 Å². The average molecular weight is 385 g/mol. The molecule has 26 heavy (non-hydrogen) atoms. The van der Waals surface area contributed by atoms with Crippen LogP contribution in [-0.2, 0) is 14.8 Å². The van der Waals surface area contributed by atoms with E-state index < -0.39 is 15.9 Å². The Hall–Kier alpha value is -1.78. The molecular weight excluding hydrogens is 356 g/mol. The molecule has 0 aliphatic carbocycles. The van der Waals surface area contributed by atoms with Gasteiger partial charge in [0.25, 0.3) is 0 Å². The fraction of sp³-hybridized carbons (Fsp3) is 0.688. The first-order valence-corrected chi connectivity index (χ1v) is 10.4. The number of piperazine rings is 1. The van der Waals surface area contributed by atoms with Crippen molar-refractivity contribution in [1.82, 2.24) is 19.2 Å². The molecule has 10 heteroatoms. The number of unbranched alkanes of at least 4 members (excludes halogenated alkanes) is 1. The Morgan fingerprint density at radius 3 is 2.42 bits per heavy atom. The number of aromatic nitrogens is 2. The highest BCUT2D eigenvalue weighted by Gasteiger charge is 2.20. The second kappa shape index (κ2) is 9.24. The molecule has 1 aliphatic heterocycles. The quantitative estimate of drug-likeness (QED) is 0.685. The molecule has 1 aliphatic rings. The summed E-state index contributed by atoms with van der Waals surface area (Å²) >= 11 is 0. The van der Waals surface area contributed by atoms with Gasteiger partial charge in [-0.15, -0.1) is 0 Å². The van der Waals surface area contributed by atoms with Gasteiger partial charge in [-0.3, -0.25) is 4.79 Å². The van der Waals surface area contributed by atoms with Gasteiger partial charge in [-0.2, -0.15) is 4.31 Å². The molecule has 0 radical (unpaired) electrons. The maximum Gasteiger partial charge on any atom is 0.239 e. The van der Waals surface area contributed by atoms with E-state index in [0.717, 1.165) is 36.9 Å². The SMILES string of the molecule is CCCCS(=O)(=O)N(C)CC(=O)Nc1cnc(N2CCN(C)CC2)nc1. The lowest BCUT2D eigenvalue weighted by molar-refractivity contribution is -0.116. The van der Waals surface area contributed by atoms with Gasteiger partial charge in [0.15, 0.2) is 0 Å². The van der Waals surface area contributed by atoms with Crippen molar-refractivity contribution in [2.75, 3.05) is 62.8 Å². The zero-order valence-electron chi connectivity index (χ0n) is 15.7. The zero-order valence-corrected chi connectivity index (χ0v) is 16.5. The maximum absolute atomic E-state index is 12.1. The first kappa shape index (κ1) is 20.5. The fourth-order valence-electron chi connectivity index (χ4n) is 2.54. The van der Waals surface area contributed by atoms with Gasteiger partial charge in [0.2, 0.25) is 21.9 Å². The molecule has 0 atom stereocenters. The number of nitrogens with zero attached hydrogens (tertiary/aromatic N) is 5. The Labute approximate surface area is 155 Å². The van der Waals surface area contributed by atoms with Gasteiger partial charge < -0.3 is 15.1 Å². The van der Waals surface area contributed by atoms with E-state index >= 15 is 0 Å². The summed E-state index contributed by atoms with van der Waals surface area (Å²) in [6.07, 6.45) is 4.46. The summed E-state index contributed by atoms with van der Waals surface area (Å²) in [5.74, 6) is 0.273. The van der Waals surface area contributed by atoms with Crippen molar-refractivity contribution in [2.45, 2.75) is 19.8 Å². The number of rotatable bonds is 8. The lowest BCUT2D eigenvalue weighted by Gasteiger charge is -2.32. The van der Waals surface area contributed by atoms with E-state index in [1.807, 2.05) is 6.92 Å². The predicted octanol–water partition coefficient (Wildman–Crippen LogP) is 0.229. The van der Waals surface area contributed by atoms with Crippen molar-refractivity contribution in [3.8, 4) is 0 Å². The van der Waals surface area contributed by atoms with Crippen LogP contribution in [0.2, 0.25) is 0 Å². The highest BCUT2D eigenvalue weighted by Crippen LogP contribution is 2.12. The van der Waals surface area contributed by atoms with Crippen LogP contribution in [-0.4, -0.2) is 86.1 Å². The highest BCUT2D eigenvalue weighted by atomic mass is 32.2. The van der Waals surface area contributed by atoms with Gasteiger partial charge in [0, 0.05) is 33.2 Å². The minimum atomic E-state index is -3.40. The highest BCUT2D eigenvalue weighted by molar-refractivity contribution is 7.89. The van der Waals surface area contributed by atoms with Crippen molar-refractivity contribution >= 4 is 27.6 Å². The third-order valence-corrected chi connectivity index (χ3v) is 6.19. The van der Waals surface area contributed by atoms with E-state index in [1.165, 1.54) is 7.05 Å². The molecule has 1 aromatic heterocycles. The van der Waals surface area contributed by atoms with E-state index in [0.29, 0.717) is 18.1 Å². The lowest BCUT2D eigenvalue weighted by Crippen LogP contribution is -2.45. The van der Waals surface area contributed by atoms with Crippen LogP contribution >= 0.6 is 0 Å². The maximum atomic E-state index is 12.1. The van der Waals surface area contributed by atoms with Gasteiger partial charge in [0.1, 0.15) is 0 Å². The summed E-state index contributed by atoms with van der Waals surface area (Å²) < 4.78 is 25.1. The molecule has 0 aromatic carbocycles. The number of carbonyl (C=O) groups excluding carboxylic acids is 1. The molecule has 0 unspecified atom stereocenters. The number of amides is 1. The van der Waals surface area contributed by atoms with Gasteiger partial charge in [0.05, 0.1) is 30.4 Å². The molecule has 0 spiro atoms. The summed E-state index contributed by atoms with van der Waals surface area (Å²) in [6, 6.07) is 0. The third kappa shape index (κ3) is 5.89. The first-order valence-electron chi connectivity index (χ1n) is 8.81. The van der Waals surface area contributed by atoms with Crippen molar-refractivity contribution in [2.24, 2.45) is 0 Å². The summed E-state index contributed by atoms with van der Waals surface area (Å²) in [6.45, 7) is 5.34. The molecule has 1 saturated heterocycles. The minimum Gasteiger partial charge on any atom is -0.338 e. The largest absolute Gasteiger partial charge is 0.338 e. The van der Waals surface area contributed by atoms with E-state index in [1.54, 1.807) is 12.4 Å². The number of likely N-dealkylation sites (N-methyl/N-ethyl adjacent to an activating group) is 2. The Kier molecular flexibility index (Phi) is 7.30. The number of carbonyl (C=O) groups is 1. The molecule has 0 saturated carbocycles. The van der Waals surface area contributed by atoms with Crippen LogP contribution in [0.25, 0.3) is 0 Å². The Morgan fingerprint density at radius 1 is 1.23 bits per heavy atom.